The maximum absolute atomic E-state index is 12.6. The Morgan fingerprint density at radius 1 is 1.41 bits per heavy atom. The molecule has 0 aliphatic rings. The number of carboxylic acid groups (broad SMARTS) is 1. The summed E-state index contributed by atoms with van der Waals surface area (Å²) in [7, 11) is 0. The number of halogens is 1. The predicted octanol–water partition coefficient (Wildman–Crippen LogP) is 2.59. The van der Waals surface area contributed by atoms with Crippen LogP contribution in [-0.4, -0.2) is 16.1 Å². The number of rotatable bonds is 4. The zero-order valence-corrected chi connectivity index (χ0v) is 9.50. The minimum atomic E-state index is -0.989. The van der Waals surface area contributed by atoms with Gasteiger partial charge >= 0.3 is 5.97 Å². The molecule has 0 saturated heterocycles. The van der Waals surface area contributed by atoms with E-state index in [0.717, 1.165) is 16.9 Å². The Morgan fingerprint density at radius 2 is 2.12 bits per heavy atom. The fraction of sp³-hybridized carbons (Fsp3) is 0.0909. The molecule has 0 fully saturated rings. The van der Waals surface area contributed by atoms with Crippen LogP contribution < -0.4 is 5.32 Å². The van der Waals surface area contributed by atoms with Crippen LogP contribution in [0.2, 0.25) is 0 Å². The largest absolute Gasteiger partial charge is 0.477 e. The number of thiazole rings is 1. The average Bonchev–Trinajstić information content (AvgIpc) is 2.77. The summed E-state index contributed by atoms with van der Waals surface area (Å²) >= 11 is 1.07. The minimum absolute atomic E-state index is 0.187. The van der Waals surface area contributed by atoms with E-state index in [1.165, 1.54) is 18.3 Å². The highest BCUT2D eigenvalue weighted by atomic mass is 32.1. The molecule has 1 aromatic heterocycles. The Balaban J connectivity index is 1.97. The van der Waals surface area contributed by atoms with Crippen LogP contribution in [0.15, 0.2) is 30.5 Å². The van der Waals surface area contributed by atoms with E-state index in [1.54, 1.807) is 12.1 Å². The predicted molar refractivity (Wildman–Crippen MR) is 62.8 cm³/mol. The minimum Gasteiger partial charge on any atom is -0.477 e. The second kappa shape index (κ2) is 4.92. The summed E-state index contributed by atoms with van der Waals surface area (Å²) in [5.41, 5.74) is 0.901. The van der Waals surface area contributed by atoms with Gasteiger partial charge < -0.3 is 10.4 Å². The molecule has 17 heavy (non-hydrogen) atoms. The molecule has 0 spiro atoms. The second-order valence-electron chi connectivity index (χ2n) is 3.31. The SMILES string of the molecule is O=C(O)c1cnc(NCc2ccc(F)cc2)s1. The van der Waals surface area contributed by atoms with Crippen molar-refractivity contribution in [3.05, 3.63) is 46.7 Å². The fourth-order valence-corrected chi connectivity index (χ4v) is 1.89. The first-order valence-electron chi connectivity index (χ1n) is 4.82. The molecule has 4 nitrogen and oxygen atoms in total. The topological polar surface area (TPSA) is 62.2 Å². The van der Waals surface area contributed by atoms with Gasteiger partial charge in [-0.3, -0.25) is 0 Å². The number of benzene rings is 1. The molecule has 2 aromatic rings. The summed E-state index contributed by atoms with van der Waals surface area (Å²) in [5.74, 6) is -1.27. The summed E-state index contributed by atoms with van der Waals surface area (Å²) in [5, 5.41) is 12.2. The van der Waals surface area contributed by atoms with Gasteiger partial charge in [-0.25, -0.2) is 14.2 Å². The van der Waals surface area contributed by atoms with Gasteiger partial charge in [0.25, 0.3) is 0 Å². The molecule has 0 radical (unpaired) electrons. The first-order valence-corrected chi connectivity index (χ1v) is 5.64. The highest BCUT2D eigenvalue weighted by molar-refractivity contribution is 7.17. The van der Waals surface area contributed by atoms with E-state index in [9.17, 15) is 9.18 Å². The maximum Gasteiger partial charge on any atom is 0.347 e. The number of anilines is 1. The first-order chi connectivity index (χ1) is 8.15. The molecule has 0 atom stereocenters. The quantitative estimate of drug-likeness (QED) is 0.878. The van der Waals surface area contributed by atoms with Crippen molar-refractivity contribution in [1.82, 2.24) is 4.98 Å². The Kier molecular flexibility index (Phi) is 3.34. The Morgan fingerprint density at radius 3 is 2.71 bits per heavy atom. The van der Waals surface area contributed by atoms with E-state index in [0.29, 0.717) is 11.7 Å². The second-order valence-corrected chi connectivity index (χ2v) is 4.35. The van der Waals surface area contributed by atoms with Gasteiger partial charge in [0.1, 0.15) is 10.7 Å². The molecule has 0 unspecified atom stereocenters. The lowest BCUT2D eigenvalue weighted by atomic mass is 10.2. The third-order valence-electron chi connectivity index (χ3n) is 2.07. The van der Waals surface area contributed by atoms with E-state index in [-0.39, 0.29) is 10.7 Å². The van der Waals surface area contributed by atoms with Gasteiger partial charge in [-0.2, -0.15) is 0 Å². The van der Waals surface area contributed by atoms with Crippen molar-refractivity contribution in [2.24, 2.45) is 0 Å². The summed E-state index contributed by atoms with van der Waals surface area (Å²) in [6.45, 7) is 0.479. The van der Waals surface area contributed by atoms with Gasteiger partial charge in [-0.1, -0.05) is 23.5 Å². The van der Waals surface area contributed by atoms with Crippen molar-refractivity contribution in [2.75, 3.05) is 5.32 Å². The van der Waals surface area contributed by atoms with Crippen LogP contribution in [0.4, 0.5) is 9.52 Å². The van der Waals surface area contributed by atoms with Gasteiger partial charge in [0, 0.05) is 6.54 Å². The molecule has 0 aliphatic carbocycles. The molecule has 0 saturated carbocycles. The van der Waals surface area contributed by atoms with Crippen molar-refractivity contribution < 1.29 is 14.3 Å². The lowest BCUT2D eigenvalue weighted by molar-refractivity contribution is 0.0702. The molecule has 0 bridgehead atoms. The number of carbonyl (C=O) groups is 1. The molecule has 2 rings (SSSR count). The zero-order chi connectivity index (χ0) is 12.3. The number of nitrogens with zero attached hydrogens (tertiary/aromatic N) is 1. The molecule has 0 aliphatic heterocycles. The Bertz CT molecular complexity index is 525. The number of nitrogens with one attached hydrogen (secondary N) is 1. The number of aromatic carboxylic acids is 1. The van der Waals surface area contributed by atoms with Crippen molar-refractivity contribution in [2.45, 2.75) is 6.54 Å². The maximum atomic E-state index is 12.6. The zero-order valence-electron chi connectivity index (χ0n) is 8.68. The Labute approximate surface area is 101 Å². The molecule has 0 amide bonds. The van der Waals surface area contributed by atoms with Crippen LogP contribution in [0.3, 0.4) is 0 Å². The van der Waals surface area contributed by atoms with Crippen LogP contribution >= 0.6 is 11.3 Å². The molecule has 1 heterocycles. The smallest absolute Gasteiger partial charge is 0.347 e. The number of hydrogen-bond acceptors (Lipinski definition) is 4. The summed E-state index contributed by atoms with van der Waals surface area (Å²) in [6.07, 6.45) is 1.31. The normalized spacial score (nSPS) is 10.2. The van der Waals surface area contributed by atoms with Gasteiger partial charge in [0.2, 0.25) is 0 Å². The molecular formula is C11H9FN2O2S. The fourth-order valence-electron chi connectivity index (χ4n) is 1.23. The van der Waals surface area contributed by atoms with Crippen molar-refractivity contribution in [3.63, 3.8) is 0 Å². The molecule has 1 aromatic carbocycles. The number of hydrogen-bond donors (Lipinski definition) is 2. The molecular weight excluding hydrogens is 243 g/mol. The monoisotopic (exact) mass is 252 g/mol. The van der Waals surface area contributed by atoms with E-state index in [4.69, 9.17) is 5.11 Å². The van der Waals surface area contributed by atoms with E-state index in [2.05, 4.69) is 10.3 Å². The van der Waals surface area contributed by atoms with Crippen molar-refractivity contribution >= 4 is 22.4 Å². The van der Waals surface area contributed by atoms with Gasteiger partial charge in [-0.15, -0.1) is 0 Å². The number of carboxylic acids is 1. The standard InChI is InChI=1S/C11H9FN2O2S/c12-8-3-1-7(2-4-8)5-13-11-14-6-9(17-11)10(15)16/h1-4,6H,5H2,(H,13,14)(H,15,16). The molecule has 88 valence electrons. The van der Waals surface area contributed by atoms with E-state index >= 15 is 0 Å². The lowest BCUT2D eigenvalue weighted by Gasteiger charge is -2.02. The third-order valence-corrected chi connectivity index (χ3v) is 3.02. The van der Waals surface area contributed by atoms with Crippen LogP contribution in [0.5, 0.6) is 0 Å². The van der Waals surface area contributed by atoms with Crippen molar-refractivity contribution in [3.8, 4) is 0 Å². The first kappa shape index (κ1) is 11.5. The summed E-state index contributed by atoms with van der Waals surface area (Å²) in [6, 6.07) is 6.07. The molecule has 2 N–H and O–H groups in total. The van der Waals surface area contributed by atoms with Crippen LogP contribution in [0.25, 0.3) is 0 Å². The van der Waals surface area contributed by atoms with Gasteiger partial charge in [-0.05, 0) is 17.7 Å². The van der Waals surface area contributed by atoms with Gasteiger partial charge in [0.05, 0.1) is 6.20 Å². The van der Waals surface area contributed by atoms with E-state index < -0.39 is 5.97 Å². The highest BCUT2D eigenvalue weighted by Gasteiger charge is 2.07. The van der Waals surface area contributed by atoms with Crippen LogP contribution in [0.1, 0.15) is 15.2 Å². The van der Waals surface area contributed by atoms with Crippen LogP contribution in [0, 0.1) is 5.82 Å². The average molecular weight is 252 g/mol. The molecule has 6 heteroatoms. The van der Waals surface area contributed by atoms with E-state index in [1.807, 2.05) is 0 Å². The lowest BCUT2D eigenvalue weighted by Crippen LogP contribution is -1.98. The van der Waals surface area contributed by atoms with Crippen molar-refractivity contribution in [1.29, 1.82) is 0 Å². The Hall–Kier alpha value is -1.95. The third kappa shape index (κ3) is 3.01. The number of aromatic nitrogens is 1. The highest BCUT2D eigenvalue weighted by Crippen LogP contribution is 2.18. The van der Waals surface area contributed by atoms with Crippen LogP contribution in [-0.2, 0) is 6.54 Å². The van der Waals surface area contributed by atoms with Gasteiger partial charge in [0.15, 0.2) is 5.13 Å². The summed E-state index contributed by atoms with van der Waals surface area (Å²) in [4.78, 5) is 14.7. The summed E-state index contributed by atoms with van der Waals surface area (Å²) < 4.78 is 12.6.